The van der Waals surface area contributed by atoms with Gasteiger partial charge in [-0.1, -0.05) is 17.7 Å². The zero-order chi connectivity index (χ0) is 17.1. The van der Waals surface area contributed by atoms with Crippen molar-refractivity contribution >= 4 is 34.4 Å². The van der Waals surface area contributed by atoms with E-state index in [0.717, 1.165) is 42.3 Å². The van der Waals surface area contributed by atoms with Gasteiger partial charge in [-0.25, -0.2) is 4.79 Å². The molecule has 1 aliphatic rings. The van der Waals surface area contributed by atoms with Crippen molar-refractivity contribution in [1.82, 2.24) is 15.2 Å². The number of likely N-dealkylation sites (tertiary alicyclic amines) is 1. The standard InChI is InChI=1S/C17H21ClN4O2/c18-12-4-5-14-11(9-20-15(14)8-12)7-16(23)22-6-2-1-3-13(22)10-21-17(19)24/h4-5,8-9,13,20H,1-3,6-7,10H2,(H3,19,21,24)/t13-/m1/s1. The molecular formula is C17H21ClN4O2. The average molecular weight is 349 g/mol. The van der Waals surface area contributed by atoms with Crippen molar-refractivity contribution in [3.05, 3.63) is 35.0 Å². The molecule has 1 saturated heterocycles. The lowest BCUT2D eigenvalue weighted by Crippen LogP contribution is -2.50. The number of nitrogens with zero attached hydrogens (tertiary/aromatic N) is 1. The van der Waals surface area contributed by atoms with Crippen molar-refractivity contribution in [2.24, 2.45) is 5.73 Å². The predicted molar refractivity (Wildman–Crippen MR) is 94.0 cm³/mol. The molecule has 24 heavy (non-hydrogen) atoms. The SMILES string of the molecule is NC(=O)NC[C@H]1CCCCN1C(=O)Cc1c[nH]c2cc(Cl)ccc12. The van der Waals surface area contributed by atoms with Crippen LogP contribution in [0, 0.1) is 0 Å². The van der Waals surface area contributed by atoms with Gasteiger partial charge >= 0.3 is 6.03 Å². The van der Waals surface area contributed by atoms with Crippen LogP contribution in [0.25, 0.3) is 10.9 Å². The topological polar surface area (TPSA) is 91.2 Å². The summed E-state index contributed by atoms with van der Waals surface area (Å²) in [6.45, 7) is 1.13. The Balaban J connectivity index is 1.73. The molecule has 1 aromatic carbocycles. The molecule has 4 N–H and O–H groups in total. The van der Waals surface area contributed by atoms with Crippen LogP contribution in [-0.2, 0) is 11.2 Å². The molecule has 1 aliphatic heterocycles. The number of aromatic nitrogens is 1. The van der Waals surface area contributed by atoms with Crippen LogP contribution in [-0.4, -0.2) is 41.0 Å². The predicted octanol–water partition coefficient (Wildman–Crippen LogP) is 2.41. The first-order valence-electron chi connectivity index (χ1n) is 8.13. The van der Waals surface area contributed by atoms with Crippen LogP contribution in [0.1, 0.15) is 24.8 Å². The van der Waals surface area contributed by atoms with Crippen LogP contribution in [0.2, 0.25) is 5.02 Å². The number of piperidine rings is 1. The maximum Gasteiger partial charge on any atom is 0.312 e. The lowest BCUT2D eigenvalue weighted by Gasteiger charge is -2.35. The maximum atomic E-state index is 12.8. The summed E-state index contributed by atoms with van der Waals surface area (Å²) < 4.78 is 0. The normalized spacial score (nSPS) is 17.9. The fourth-order valence-electron chi connectivity index (χ4n) is 3.33. The molecule has 3 amide bonds. The molecule has 1 atom stereocenters. The lowest BCUT2D eigenvalue weighted by atomic mass is 10.0. The number of rotatable bonds is 4. The number of hydrogen-bond donors (Lipinski definition) is 3. The molecule has 0 spiro atoms. The second kappa shape index (κ2) is 7.13. The molecule has 0 bridgehead atoms. The zero-order valence-corrected chi connectivity index (χ0v) is 14.1. The van der Waals surface area contributed by atoms with E-state index < -0.39 is 6.03 Å². The summed E-state index contributed by atoms with van der Waals surface area (Å²) in [5, 5.41) is 4.29. The molecule has 2 heterocycles. The van der Waals surface area contributed by atoms with Crippen LogP contribution in [0.3, 0.4) is 0 Å². The first kappa shape index (κ1) is 16.6. The highest BCUT2D eigenvalue weighted by Crippen LogP contribution is 2.24. The number of hydrogen-bond acceptors (Lipinski definition) is 2. The monoisotopic (exact) mass is 348 g/mol. The Kier molecular flexibility index (Phi) is 4.94. The summed E-state index contributed by atoms with van der Waals surface area (Å²) in [5.74, 6) is 0.0711. The minimum absolute atomic E-state index is 0.0124. The van der Waals surface area contributed by atoms with E-state index in [9.17, 15) is 9.59 Å². The van der Waals surface area contributed by atoms with Gasteiger partial charge in [0.15, 0.2) is 0 Å². The van der Waals surface area contributed by atoms with E-state index in [1.54, 1.807) is 0 Å². The molecule has 6 nitrogen and oxygen atoms in total. The van der Waals surface area contributed by atoms with Gasteiger partial charge in [-0.15, -0.1) is 0 Å². The molecule has 1 fully saturated rings. The number of halogens is 1. The number of carbonyl (C=O) groups excluding carboxylic acids is 2. The van der Waals surface area contributed by atoms with Gasteiger partial charge in [0, 0.05) is 41.3 Å². The fourth-order valence-corrected chi connectivity index (χ4v) is 3.50. The van der Waals surface area contributed by atoms with Gasteiger partial charge in [-0.3, -0.25) is 4.79 Å². The summed E-state index contributed by atoms with van der Waals surface area (Å²) in [6.07, 6.45) is 5.12. The van der Waals surface area contributed by atoms with E-state index in [0.29, 0.717) is 18.0 Å². The second-order valence-corrected chi connectivity index (χ2v) is 6.60. The minimum Gasteiger partial charge on any atom is -0.361 e. The molecule has 0 saturated carbocycles. The van der Waals surface area contributed by atoms with Crippen LogP contribution in [0.15, 0.2) is 24.4 Å². The number of fused-ring (bicyclic) bond motifs is 1. The van der Waals surface area contributed by atoms with Gasteiger partial charge in [0.2, 0.25) is 5.91 Å². The highest BCUT2D eigenvalue weighted by atomic mass is 35.5. The van der Waals surface area contributed by atoms with Crippen molar-refractivity contribution in [2.75, 3.05) is 13.1 Å². The summed E-state index contributed by atoms with van der Waals surface area (Å²) in [7, 11) is 0. The Morgan fingerprint density at radius 3 is 3.00 bits per heavy atom. The van der Waals surface area contributed by atoms with Gasteiger partial charge in [0.25, 0.3) is 0 Å². The number of aromatic amines is 1. The van der Waals surface area contributed by atoms with E-state index in [1.165, 1.54) is 0 Å². The number of primary amides is 1. The van der Waals surface area contributed by atoms with Crippen molar-refractivity contribution in [2.45, 2.75) is 31.7 Å². The molecule has 3 rings (SSSR count). The summed E-state index contributed by atoms with van der Waals surface area (Å²) >= 11 is 5.99. The molecule has 7 heteroatoms. The Labute approximate surface area is 145 Å². The molecule has 0 unspecified atom stereocenters. The number of H-pyrrole nitrogens is 1. The molecule has 1 aromatic heterocycles. The van der Waals surface area contributed by atoms with Gasteiger partial charge in [0.1, 0.15) is 0 Å². The van der Waals surface area contributed by atoms with Crippen LogP contribution >= 0.6 is 11.6 Å². The summed E-state index contributed by atoms with van der Waals surface area (Å²) in [6, 6.07) is 5.07. The van der Waals surface area contributed by atoms with Crippen molar-refractivity contribution < 1.29 is 9.59 Å². The quantitative estimate of drug-likeness (QED) is 0.791. The van der Waals surface area contributed by atoms with Crippen LogP contribution in [0.4, 0.5) is 4.79 Å². The van der Waals surface area contributed by atoms with E-state index in [4.69, 9.17) is 17.3 Å². The Morgan fingerprint density at radius 2 is 2.21 bits per heavy atom. The first-order chi connectivity index (χ1) is 11.5. The minimum atomic E-state index is -0.554. The third-order valence-corrected chi connectivity index (χ3v) is 4.77. The van der Waals surface area contributed by atoms with E-state index in [-0.39, 0.29) is 11.9 Å². The lowest BCUT2D eigenvalue weighted by molar-refractivity contribution is -0.134. The third-order valence-electron chi connectivity index (χ3n) is 4.53. The Morgan fingerprint density at radius 1 is 1.38 bits per heavy atom. The van der Waals surface area contributed by atoms with Crippen molar-refractivity contribution in [3.63, 3.8) is 0 Å². The number of nitrogens with two attached hydrogens (primary N) is 1. The Bertz CT molecular complexity index is 758. The van der Waals surface area contributed by atoms with E-state index in [1.807, 2.05) is 29.3 Å². The van der Waals surface area contributed by atoms with Crippen molar-refractivity contribution in [3.8, 4) is 0 Å². The molecule has 0 aliphatic carbocycles. The fraction of sp³-hybridized carbons (Fsp3) is 0.412. The maximum absolute atomic E-state index is 12.8. The van der Waals surface area contributed by atoms with Gasteiger partial charge < -0.3 is 20.9 Å². The molecular weight excluding hydrogens is 328 g/mol. The molecule has 0 radical (unpaired) electrons. The Hall–Kier alpha value is -2.21. The number of nitrogens with one attached hydrogen (secondary N) is 2. The average Bonchev–Trinajstić information content (AvgIpc) is 2.95. The summed E-state index contributed by atoms with van der Waals surface area (Å²) in [5.41, 5.74) is 7.03. The number of urea groups is 1. The van der Waals surface area contributed by atoms with Gasteiger partial charge in [0.05, 0.1) is 6.42 Å². The smallest absolute Gasteiger partial charge is 0.312 e. The van der Waals surface area contributed by atoms with E-state index in [2.05, 4.69) is 10.3 Å². The van der Waals surface area contributed by atoms with Crippen molar-refractivity contribution in [1.29, 1.82) is 0 Å². The zero-order valence-electron chi connectivity index (χ0n) is 13.3. The highest BCUT2D eigenvalue weighted by Gasteiger charge is 2.27. The highest BCUT2D eigenvalue weighted by molar-refractivity contribution is 6.31. The van der Waals surface area contributed by atoms with Crippen LogP contribution in [0.5, 0.6) is 0 Å². The number of benzene rings is 1. The summed E-state index contributed by atoms with van der Waals surface area (Å²) in [4.78, 5) is 28.7. The van der Waals surface area contributed by atoms with E-state index >= 15 is 0 Å². The molecule has 2 aromatic rings. The largest absolute Gasteiger partial charge is 0.361 e. The van der Waals surface area contributed by atoms with Crippen LogP contribution < -0.4 is 11.1 Å². The first-order valence-corrected chi connectivity index (χ1v) is 8.50. The second-order valence-electron chi connectivity index (χ2n) is 6.16. The van der Waals surface area contributed by atoms with Gasteiger partial charge in [-0.05, 0) is 37.0 Å². The van der Waals surface area contributed by atoms with Gasteiger partial charge in [-0.2, -0.15) is 0 Å². The number of amides is 3. The third kappa shape index (κ3) is 3.64. The number of carbonyl (C=O) groups is 2. The molecule has 128 valence electrons.